The van der Waals surface area contributed by atoms with Crippen LogP contribution in [0.2, 0.25) is 0 Å². The third-order valence-corrected chi connectivity index (χ3v) is 6.84. The Labute approximate surface area is 229 Å². The average Bonchev–Trinajstić information content (AvgIpc) is 3.19. The number of para-hydroxylation sites is 1. The summed E-state index contributed by atoms with van der Waals surface area (Å²) in [5, 5.41) is 0. The standard InChI is InChI=1S/C29H30N2O7S/c1-6-35-22-14-13-20(15-23(22)36-7-2)26-25(28(34)37-8-3)17(4)30-29-31(26)27(33)24(39-29)16-19-11-9-10-12-21(19)38-18(5)32/h9-16,26H,6-8H2,1-5H3/b24-16-. The van der Waals surface area contributed by atoms with Crippen LogP contribution in [0.1, 0.15) is 51.8 Å². The number of fused-ring (bicyclic) bond motifs is 1. The number of thiazole rings is 1. The number of carbonyl (C=O) groups is 2. The van der Waals surface area contributed by atoms with Crippen LogP contribution in [-0.4, -0.2) is 36.3 Å². The van der Waals surface area contributed by atoms with Crippen molar-refractivity contribution in [2.45, 2.75) is 40.7 Å². The van der Waals surface area contributed by atoms with Gasteiger partial charge in [0, 0.05) is 12.5 Å². The molecule has 39 heavy (non-hydrogen) atoms. The lowest BCUT2D eigenvalue weighted by Crippen LogP contribution is -2.40. The molecule has 0 amide bonds. The first-order valence-electron chi connectivity index (χ1n) is 12.7. The van der Waals surface area contributed by atoms with E-state index in [9.17, 15) is 14.4 Å². The molecule has 10 heteroatoms. The highest BCUT2D eigenvalue weighted by Crippen LogP contribution is 2.36. The van der Waals surface area contributed by atoms with Gasteiger partial charge in [-0.15, -0.1) is 0 Å². The highest BCUT2D eigenvalue weighted by Gasteiger charge is 2.34. The Morgan fingerprint density at radius 3 is 2.41 bits per heavy atom. The number of carbonyl (C=O) groups excluding carboxylic acids is 2. The Balaban J connectivity index is 1.95. The minimum atomic E-state index is -0.805. The number of aromatic nitrogens is 1. The van der Waals surface area contributed by atoms with E-state index in [1.807, 2.05) is 19.9 Å². The number of benzene rings is 2. The normalized spacial score (nSPS) is 14.9. The molecule has 2 aromatic carbocycles. The molecule has 204 valence electrons. The molecule has 0 spiro atoms. The molecule has 0 N–H and O–H groups in total. The monoisotopic (exact) mass is 550 g/mol. The molecule has 9 nitrogen and oxygen atoms in total. The van der Waals surface area contributed by atoms with Gasteiger partial charge in [0.2, 0.25) is 0 Å². The second kappa shape index (κ2) is 12.1. The summed E-state index contributed by atoms with van der Waals surface area (Å²) in [6, 6.07) is 11.5. The van der Waals surface area contributed by atoms with E-state index in [0.717, 1.165) is 0 Å². The Hall–Kier alpha value is -4.18. The van der Waals surface area contributed by atoms with Crippen molar-refractivity contribution >= 4 is 29.4 Å². The smallest absolute Gasteiger partial charge is 0.338 e. The zero-order chi connectivity index (χ0) is 28.1. The second-order valence-corrected chi connectivity index (χ2v) is 9.52. The topological polar surface area (TPSA) is 105 Å². The highest BCUT2D eigenvalue weighted by molar-refractivity contribution is 7.07. The fraction of sp³-hybridized carbons (Fsp3) is 0.310. The van der Waals surface area contributed by atoms with Crippen LogP contribution in [0.3, 0.4) is 0 Å². The van der Waals surface area contributed by atoms with Crippen molar-refractivity contribution < 1.29 is 28.5 Å². The molecule has 1 atom stereocenters. The minimum Gasteiger partial charge on any atom is -0.490 e. The fourth-order valence-corrected chi connectivity index (χ4v) is 5.37. The molecule has 1 aliphatic rings. The van der Waals surface area contributed by atoms with Gasteiger partial charge in [-0.3, -0.25) is 14.2 Å². The third kappa shape index (κ3) is 5.80. The number of hydrogen-bond donors (Lipinski definition) is 0. The molecule has 1 aromatic heterocycles. The second-order valence-electron chi connectivity index (χ2n) is 8.51. The molecule has 1 aliphatic heterocycles. The fourth-order valence-electron chi connectivity index (χ4n) is 4.33. The van der Waals surface area contributed by atoms with Crippen LogP contribution < -0.4 is 29.1 Å². The first kappa shape index (κ1) is 27.8. The molecular formula is C29H30N2O7S. The molecule has 0 fully saturated rings. The van der Waals surface area contributed by atoms with E-state index in [2.05, 4.69) is 4.99 Å². The van der Waals surface area contributed by atoms with Gasteiger partial charge < -0.3 is 18.9 Å². The summed E-state index contributed by atoms with van der Waals surface area (Å²) < 4.78 is 24.1. The summed E-state index contributed by atoms with van der Waals surface area (Å²) in [6.07, 6.45) is 1.66. The maximum absolute atomic E-state index is 13.9. The van der Waals surface area contributed by atoms with Crippen molar-refractivity contribution in [3.05, 3.63) is 84.5 Å². The molecule has 0 saturated carbocycles. The SMILES string of the molecule is CCOC(=O)C1=C(C)N=c2s/c(=C\c3ccccc3OC(C)=O)c(=O)n2C1c1ccc(OCC)c(OCC)c1. The van der Waals surface area contributed by atoms with Gasteiger partial charge in [0.25, 0.3) is 5.56 Å². The predicted octanol–water partition coefficient (Wildman–Crippen LogP) is 3.52. The number of ether oxygens (including phenoxy) is 4. The Morgan fingerprint density at radius 2 is 1.72 bits per heavy atom. The van der Waals surface area contributed by atoms with E-state index >= 15 is 0 Å². The number of allylic oxidation sites excluding steroid dienone is 1. The molecule has 4 rings (SSSR count). The van der Waals surface area contributed by atoms with E-state index < -0.39 is 18.0 Å². The van der Waals surface area contributed by atoms with Gasteiger partial charge in [0.1, 0.15) is 5.75 Å². The van der Waals surface area contributed by atoms with Crippen molar-refractivity contribution in [2.75, 3.05) is 19.8 Å². The van der Waals surface area contributed by atoms with Gasteiger partial charge in [0.15, 0.2) is 16.3 Å². The molecule has 0 bridgehead atoms. The lowest BCUT2D eigenvalue weighted by Gasteiger charge is -2.25. The first-order valence-corrected chi connectivity index (χ1v) is 13.5. The predicted molar refractivity (Wildman–Crippen MR) is 147 cm³/mol. The van der Waals surface area contributed by atoms with Gasteiger partial charge in [-0.1, -0.05) is 35.6 Å². The summed E-state index contributed by atoms with van der Waals surface area (Å²) in [4.78, 5) is 43.7. The molecule has 0 radical (unpaired) electrons. The Morgan fingerprint density at radius 1 is 1.00 bits per heavy atom. The molecular weight excluding hydrogens is 520 g/mol. The number of esters is 2. The number of hydrogen-bond acceptors (Lipinski definition) is 9. The van der Waals surface area contributed by atoms with Crippen molar-refractivity contribution in [3.8, 4) is 17.2 Å². The van der Waals surface area contributed by atoms with Crippen molar-refractivity contribution in [3.63, 3.8) is 0 Å². The van der Waals surface area contributed by atoms with E-state index in [4.69, 9.17) is 18.9 Å². The van der Waals surface area contributed by atoms with E-state index in [1.165, 1.54) is 22.8 Å². The molecule has 3 aromatic rings. The third-order valence-electron chi connectivity index (χ3n) is 5.86. The van der Waals surface area contributed by atoms with Gasteiger partial charge >= 0.3 is 11.9 Å². The molecule has 1 unspecified atom stereocenters. The van der Waals surface area contributed by atoms with Crippen molar-refractivity contribution in [2.24, 2.45) is 4.99 Å². The number of rotatable bonds is 9. The summed E-state index contributed by atoms with van der Waals surface area (Å²) in [5.41, 5.74) is 1.59. The van der Waals surface area contributed by atoms with Gasteiger partial charge in [0.05, 0.1) is 41.7 Å². The maximum Gasteiger partial charge on any atom is 0.338 e. The lowest BCUT2D eigenvalue weighted by atomic mass is 9.95. The van der Waals surface area contributed by atoms with Crippen LogP contribution in [0.25, 0.3) is 6.08 Å². The quantitative estimate of drug-likeness (QED) is 0.297. The van der Waals surface area contributed by atoms with Crippen LogP contribution in [0.4, 0.5) is 0 Å². The molecule has 2 heterocycles. The van der Waals surface area contributed by atoms with Crippen LogP contribution in [0, 0.1) is 0 Å². The summed E-state index contributed by atoms with van der Waals surface area (Å²) in [7, 11) is 0. The summed E-state index contributed by atoms with van der Waals surface area (Å²) >= 11 is 1.18. The van der Waals surface area contributed by atoms with E-state index in [-0.39, 0.29) is 17.7 Å². The highest BCUT2D eigenvalue weighted by atomic mass is 32.1. The zero-order valence-electron chi connectivity index (χ0n) is 22.5. The van der Waals surface area contributed by atoms with E-state index in [0.29, 0.717) is 56.6 Å². The van der Waals surface area contributed by atoms with Crippen LogP contribution in [0.15, 0.2) is 63.5 Å². The lowest BCUT2D eigenvalue weighted by molar-refractivity contribution is -0.139. The Bertz CT molecular complexity index is 1620. The number of nitrogens with zero attached hydrogens (tertiary/aromatic N) is 2. The molecule has 0 aliphatic carbocycles. The molecule has 0 saturated heterocycles. The Kier molecular flexibility index (Phi) is 8.65. The summed E-state index contributed by atoms with van der Waals surface area (Å²) in [5.74, 6) is 0.393. The largest absolute Gasteiger partial charge is 0.490 e. The van der Waals surface area contributed by atoms with Crippen molar-refractivity contribution in [1.82, 2.24) is 4.57 Å². The van der Waals surface area contributed by atoms with Gasteiger partial charge in [-0.25, -0.2) is 9.79 Å². The van der Waals surface area contributed by atoms with Crippen LogP contribution >= 0.6 is 11.3 Å². The average molecular weight is 551 g/mol. The van der Waals surface area contributed by atoms with E-state index in [1.54, 1.807) is 56.3 Å². The maximum atomic E-state index is 13.9. The van der Waals surface area contributed by atoms with Gasteiger partial charge in [-0.05, 0) is 57.5 Å². The van der Waals surface area contributed by atoms with Crippen molar-refractivity contribution in [1.29, 1.82) is 0 Å². The van der Waals surface area contributed by atoms with Crippen LogP contribution in [-0.2, 0) is 14.3 Å². The minimum absolute atomic E-state index is 0.174. The summed E-state index contributed by atoms with van der Waals surface area (Å²) in [6.45, 7) is 9.56. The zero-order valence-corrected chi connectivity index (χ0v) is 23.3. The first-order chi connectivity index (χ1) is 18.8. The van der Waals surface area contributed by atoms with Crippen LogP contribution in [0.5, 0.6) is 17.2 Å². The van der Waals surface area contributed by atoms with Gasteiger partial charge in [-0.2, -0.15) is 0 Å².